The summed E-state index contributed by atoms with van der Waals surface area (Å²) in [5.74, 6) is 3.81. The topological polar surface area (TPSA) is 42.7 Å². The van der Waals surface area contributed by atoms with E-state index in [2.05, 4.69) is 22.4 Å². The smallest absolute Gasteiger partial charge is 0.146 e. The van der Waals surface area contributed by atoms with Gasteiger partial charge in [0.05, 0.1) is 6.54 Å². The lowest BCUT2D eigenvalue weighted by atomic mass is 10.3. The standard InChI is InChI=1S/C10H18N4/c1-7-4-9(7)5-11-6-10-13-12-8(2)14(10)3/h7,9,11H,4-6H2,1-3H3. The first kappa shape index (κ1) is 9.65. The molecule has 1 N–H and O–H groups in total. The Morgan fingerprint density at radius 1 is 1.50 bits per heavy atom. The number of nitrogens with one attached hydrogen (secondary N) is 1. The molecule has 2 unspecified atom stereocenters. The van der Waals surface area contributed by atoms with Crippen LogP contribution in [0.2, 0.25) is 0 Å². The van der Waals surface area contributed by atoms with Crippen LogP contribution in [-0.4, -0.2) is 21.3 Å². The summed E-state index contributed by atoms with van der Waals surface area (Å²) in [7, 11) is 2.01. The molecule has 1 aromatic rings. The molecule has 2 atom stereocenters. The molecular weight excluding hydrogens is 176 g/mol. The van der Waals surface area contributed by atoms with Crippen molar-refractivity contribution in [3.05, 3.63) is 11.6 Å². The highest BCUT2D eigenvalue weighted by atomic mass is 15.3. The van der Waals surface area contributed by atoms with E-state index >= 15 is 0 Å². The van der Waals surface area contributed by atoms with Crippen molar-refractivity contribution >= 4 is 0 Å². The lowest BCUT2D eigenvalue weighted by Crippen LogP contribution is -2.19. The summed E-state index contributed by atoms with van der Waals surface area (Å²) in [4.78, 5) is 0. The molecule has 0 aromatic carbocycles. The molecule has 0 amide bonds. The zero-order valence-corrected chi connectivity index (χ0v) is 9.12. The van der Waals surface area contributed by atoms with Crippen LogP contribution in [0.3, 0.4) is 0 Å². The van der Waals surface area contributed by atoms with Crippen LogP contribution in [0.1, 0.15) is 25.0 Å². The van der Waals surface area contributed by atoms with Crippen molar-refractivity contribution in [1.29, 1.82) is 0 Å². The van der Waals surface area contributed by atoms with Crippen LogP contribution < -0.4 is 5.32 Å². The number of hydrogen-bond donors (Lipinski definition) is 1. The van der Waals surface area contributed by atoms with Crippen LogP contribution in [0.4, 0.5) is 0 Å². The molecule has 2 rings (SSSR count). The Morgan fingerprint density at radius 3 is 2.71 bits per heavy atom. The zero-order valence-electron chi connectivity index (χ0n) is 9.12. The fourth-order valence-corrected chi connectivity index (χ4v) is 1.66. The zero-order chi connectivity index (χ0) is 10.1. The van der Waals surface area contributed by atoms with Gasteiger partial charge >= 0.3 is 0 Å². The van der Waals surface area contributed by atoms with E-state index in [1.54, 1.807) is 0 Å². The van der Waals surface area contributed by atoms with Crippen molar-refractivity contribution in [2.24, 2.45) is 18.9 Å². The van der Waals surface area contributed by atoms with E-state index in [4.69, 9.17) is 0 Å². The fraction of sp³-hybridized carbons (Fsp3) is 0.800. The molecule has 1 aliphatic rings. The van der Waals surface area contributed by atoms with Crippen LogP contribution in [0.5, 0.6) is 0 Å². The van der Waals surface area contributed by atoms with Gasteiger partial charge in [0.25, 0.3) is 0 Å². The molecule has 1 fully saturated rings. The maximum atomic E-state index is 4.10. The van der Waals surface area contributed by atoms with Gasteiger partial charge in [-0.05, 0) is 31.7 Å². The van der Waals surface area contributed by atoms with Crippen LogP contribution in [0, 0.1) is 18.8 Å². The largest absolute Gasteiger partial charge is 0.317 e. The van der Waals surface area contributed by atoms with Gasteiger partial charge in [0.1, 0.15) is 11.6 Å². The van der Waals surface area contributed by atoms with Crippen molar-refractivity contribution < 1.29 is 0 Å². The van der Waals surface area contributed by atoms with Crippen molar-refractivity contribution in [2.75, 3.05) is 6.54 Å². The minimum atomic E-state index is 0.834. The van der Waals surface area contributed by atoms with Gasteiger partial charge in [-0.1, -0.05) is 6.92 Å². The highest BCUT2D eigenvalue weighted by molar-refractivity contribution is 4.92. The second-order valence-corrected chi connectivity index (χ2v) is 4.33. The molecule has 0 bridgehead atoms. The van der Waals surface area contributed by atoms with Gasteiger partial charge in [0.15, 0.2) is 0 Å². The fourth-order valence-electron chi connectivity index (χ4n) is 1.66. The third-order valence-electron chi connectivity index (χ3n) is 3.15. The van der Waals surface area contributed by atoms with Gasteiger partial charge in [0, 0.05) is 7.05 Å². The van der Waals surface area contributed by atoms with Gasteiger partial charge in [-0.2, -0.15) is 0 Å². The summed E-state index contributed by atoms with van der Waals surface area (Å²) in [6, 6.07) is 0. The summed E-state index contributed by atoms with van der Waals surface area (Å²) in [5.41, 5.74) is 0. The van der Waals surface area contributed by atoms with E-state index in [9.17, 15) is 0 Å². The van der Waals surface area contributed by atoms with Gasteiger partial charge in [0.2, 0.25) is 0 Å². The highest BCUT2D eigenvalue weighted by Crippen LogP contribution is 2.36. The molecule has 0 spiro atoms. The molecule has 1 aromatic heterocycles. The quantitative estimate of drug-likeness (QED) is 0.773. The predicted octanol–water partition coefficient (Wildman–Crippen LogP) is 0.869. The first-order chi connectivity index (χ1) is 6.68. The Kier molecular flexibility index (Phi) is 2.54. The van der Waals surface area contributed by atoms with E-state index in [0.29, 0.717) is 0 Å². The molecule has 0 saturated heterocycles. The molecule has 14 heavy (non-hydrogen) atoms. The SMILES string of the molecule is Cc1nnc(CNCC2CC2C)n1C. The Hall–Kier alpha value is -0.900. The summed E-state index contributed by atoms with van der Waals surface area (Å²) < 4.78 is 2.03. The lowest BCUT2D eigenvalue weighted by molar-refractivity contribution is 0.583. The Balaban J connectivity index is 1.77. The molecule has 4 nitrogen and oxygen atoms in total. The normalized spacial score (nSPS) is 25.4. The van der Waals surface area contributed by atoms with E-state index in [1.807, 2.05) is 18.5 Å². The molecule has 1 saturated carbocycles. The van der Waals surface area contributed by atoms with Crippen molar-refractivity contribution in [2.45, 2.75) is 26.8 Å². The van der Waals surface area contributed by atoms with Gasteiger partial charge < -0.3 is 9.88 Å². The average Bonchev–Trinajstić information content (AvgIpc) is 2.77. The second kappa shape index (κ2) is 3.69. The molecule has 1 aliphatic carbocycles. The predicted molar refractivity (Wildman–Crippen MR) is 54.7 cm³/mol. The molecule has 78 valence electrons. The van der Waals surface area contributed by atoms with Crippen LogP contribution in [-0.2, 0) is 13.6 Å². The number of hydrogen-bond acceptors (Lipinski definition) is 3. The third kappa shape index (κ3) is 1.95. The number of nitrogens with zero attached hydrogens (tertiary/aromatic N) is 3. The van der Waals surface area contributed by atoms with E-state index in [-0.39, 0.29) is 0 Å². The first-order valence-corrected chi connectivity index (χ1v) is 5.24. The Morgan fingerprint density at radius 2 is 2.21 bits per heavy atom. The van der Waals surface area contributed by atoms with Crippen molar-refractivity contribution in [3.63, 3.8) is 0 Å². The molecule has 0 radical (unpaired) electrons. The number of aryl methyl sites for hydroxylation is 1. The minimum absolute atomic E-state index is 0.834. The summed E-state index contributed by atoms with van der Waals surface area (Å²) in [5, 5.41) is 11.5. The van der Waals surface area contributed by atoms with E-state index in [1.165, 1.54) is 6.42 Å². The second-order valence-electron chi connectivity index (χ2n) is 4.33. The van der Waals surface area contributed by atoms with E-state index in [0.717, 1.165) is 36.6 Å². The van der Waals surface area contributed by atoms with Crippen LogP contribution >= 0.6 is 0 Å². The Bertz CT molecular complexity index is 318. The van der Waals surface area contributed by atoms with Gasteiger partial charge in [-0.25, -0.2) is 0 Å². The van der Waals surface area contributed by atoms with Crippen molar-refractivity contribution in [1.82, 2.24) is 20.1 Å². The first-order valence-electron chi connectivity index (χ1n) is 5.24. The van der Waals surface area contributed by atoms with Crippen LogP contribution in [0.15, 0.2) is 0 Å². The van der Waals surface area contributed by atoms with E-state index < -0.39 is 0 Å². The molecule has 1 heterocycles. The van der Waals surface area contributed by atoms with Gasteiger partial charge in [-0.15, -0.1) is 10.2 Å². The highest BCUT2D eigenvalue weighted by Gasteiger charge is 2.31. The molecule has 0 aliphatic heterocycles. The molecular formula is C10H18N4. The number of rotatable bonds is 4. The monoisotopic (exact) mass is 194 g/mol. The summed E-state index contributed by atoms with van der Waals surface area (Å²) in [6.45, 7) is 6.23. The lowest BCUT2D eigenvalue weighted by Gasteiger charge is -2.03. The molecule has 4 heteroatoms. The summed E-state index contributed by atoms with van der Waals surface area (Å²) >= 11 is 0. The number of aromatic nitrogens is 3. The third-order valence-corrected chi connectivity index (χ3v) is 3.15. The van der Waals surface area contributed by atoms with Crippen LogP contribution in [0.25, 0.3) is 0 Å². The average molecular weight is 194 g/mol. The Labute approximate surface area is 84.7 Å². The van der Waals surface area contributed by atoms with Crippen molar-refractivity contribution in [3.8, 4) is 0 Å². The maximum Gasteiger partial charge on any atom is 0.146 e. The van der Waals surface area contributed by atoms with Gasteiger partial charge in [-0.3, -0.25) is 0 Å². The summed E-state index contributed by atoms with van der Waals surface area (Å²) in [6.07, 6.45) is 1.38. The minimum Gasteiger partial charge on any atom is -0.317 e. The maximum absolute atomic E-state index is 4.10.